The van der Waals surface area contributed by atoms with Crippen LogP contribution in [-0.4, -0.2) is 11.2 Å². The van der Waals surface area contributed by atoms with E-state index in [4.69, 9.17) is 4.74 Å². The van der Waals surface area contributed by atoms with E-state index < -0.39 is 0 Å². The highest BCUT2D eigenvalue weighted by Crippen LogP contribution is 2.18. The topological polar surface area (TPSA) is 29.5 Å². The predicted molar refractivity (Wildman–Crippen MR) is 86.4 cm³/mol. The molecule has 0 unspecified atom stereocenters. The summed E-state index contributed by atoms with van der Waals surface area (Å²) in [7, 11) is 0. The van der Waals surface area contributed by atoms with Crippen LogP contribution in [0.1, 0.15) is 31.4 Å². The Hall–Kier alpha value is -1.80. The quantitative estimate of drug-likeness (QED) is 0.825. The molecule has 0 aliphatic carbocycles. The van der Waals surface area contributed by atoms with Gasteiger partial charge in [-0.05, 0) is 42.0 Å². The van der Waals surface area contributed by atoms with Crippen molar-refractivity contribution in [2.24, 2.45) is 5.92 Å². The Morgan fingerprint density at radius 3 is 2.38 bits per heavy atom. The minimum atomic E-state index is -0.237. The molecule has 0 aliphatic heterocycles. The van der Waals surface area contributed by atoms with Gasteiger partial charge in [-0.2, -0.15) is 0 Å². The Morgan fingerprint density at radius 2 is 1.67 bits per heavy atom. The summed E-state index contributed by atoms with van der Waals surface area (Å²) in [6.07, 6.45) is 1.43. The van der Waals surface area contributed by atoms with Crippen LogP contribution in [-0.2, 0) is 13.0 Å². The van der Waals surface area contributed by atoms with Crippen molar-refractivity contribution in [1.29, 1.82) is 0 Å². The SMILES string of the molecule is CC(C)[C@H](O)CCc1cccc(OCc2ccccc2)c1. The molecular formula is C19H24O2. The number of aryl methyl sites for hydroxylation is 1. The number of benzene rings is 2. The van der Waals surface area contributed by atoms with Crippen molar-refractivity contribution in [2.75, 3.05) is 0 Å². The van der Waals surface area contributed by atoms with E-state index in [0.29, 0.717) is 12.5 Å². The first-order valence-electron chi connectivity index (χ1n) is 7.59. The van der Waals surface area contributed by atoms with Crippen molar-refractivity contribution < 1.29 is 9.84 Å². The van der Waals surface area contributed by atoms with Gasteiger partial charge in [0.05, 0.1) is 6.10 Å². The highest BCUT2D eigenvalue weighted by molar-refractivity contribution is 5.29. The molecule has 0 spiro atoms. The van der Waals surface area contributed by atoms with E-state index >= 15 is 0 Å². The van der Waals surface area contributed by atoms with E-state index in [2.05, 4.69) is 24.3 Å². The van der Waals surface area contributed by atoms with Crippen LogP contribution in [0.15, 0.2) is 54.6 Å². The number of hydrogen-bond donors (Lipinski definition) is 1. The van der Waals surface area contributed by atoms with Gasteiger partial charge in [-0.25, -0.2) is 0 Å². The van der Waals surface area contributed by atoms with Crippen molar-refractivity contribution >= 4 is 0 Å². The molecule has 21 heavy (non-hydrogen) atoms. The van der Waals surface area contributed by atoms with E-state index in [1.807, 2.05) is 44.2 Å². The van der Waals surface area contributed by atoms with Crippen LogP contribution >= 0.6 is 0 Å². The monoisotopic (exact) mass is 284 g/mol. The zero-order valence-corrected chi connectivity index (χ0v) is 12.8. The molecule has 0 saturated carbocycles. The summed E-state index contributed by atoms with van der Waals surface area (Å²) in [5, 5.41) is 9.88. The summed E-state index contributed by atoms with van der Waals surface area (Å²) in [6, 6.07) is 18.3. The molecule has 1 atom stereocenters. The zero-order chi connectivity index (χ0) is 15.1. The molecule has 0 bridgehead atoms. The van der Waals surface area contributed by atoms with Crippen LogP contribution in [0.3, 0.4) is 0 Å². The number of ether oxygens (including phenoxy) is 1. The predicted octanol–water partition coefficient (Wildman–Crippen LogP) is 4.22. The van der Waals surface area contributed by atoms with Crippen LogP contribution < -0.4 is 4.74 Å². The second-order valence-corrected chi connectivity index (χ2v) is 5.77. The maximum atomic E-state index is 9.88. The lowest BCUT2D eigenvalue weighted by molar-refractivity contribution is 0.116. The highest BCUT2D eigenvalue weighted by atomic mass is 16.5. The van der Waals surface area contributed by atoms with Gasteiger partial charge >= 0.3 is 0 Å². The minimum Gasteiger partial charge on any atom is -0.489 e. The third kappa shape index (κ3) is 5.24. The van der Waals surface area contributed by atoms with Gasteiger partial charge in [0, 0.05) is 0 Å². The van der Waals surface area contributed by atoms with Crippen LogP contribution in [0, 0.1) is 5.92 Å². The molecule has 2 aromatic carbocycles. The smallest absolute Gasteiger partial charge is 0.120 e. The van der Waals surface area contributed by atoms with E-state index in [-0.39, 0.29) is 6.10 Å². The van der Waals surface area contributed by atoms with Gasteiger partial charge in [0.2, 0.25) is 0 Å². The largest absolute Gasteiger partial charge is 0.489 e. The summed E-state index contributed by atoms with van der Waals surface area (Å²) in [4.78, 5) is 0. The summed E-state index contributed by atoms with van der Waals surface area (Å²) >= 11 is 0. The molecule has 2 aromatic rings. The summed E-state index contributed by atoms with van der Waals surface area (Å²) in [6.45, 7) is 4.67. The molecule has 0 aromatic heterocycles. The van der Waals surface area contributed by atoms with Gasteiger partial charge in [0.1, 0.15) is 12.4 Å². The second-order valence-electron chi connectivity index (χ2n) is 5.77. The van der Waals surface area contributed by atoms with Crippen molar-refractivity contribution in [3.05, 3.63) is 65.7 Å². The molecule has 0 aliphatic rings. The lowest BCUT2D eigenvalue weighted by Gasteiger charge is -2.14. The molecule has 0 amide bonds. The van der Waals surface area contributed by atoms with Crippen LogP contribution in [0.4, 0.5) is 0 Å². The Labute approximate surface area is 127 Å². The maximum Gasteiger partial charge on any atom is 0.120 e. The third-order valence-electron chi connectivity index (χ3n) is 3.65. The van der Waals surface area contributed by atoms with E-state index in [1.54, 1.807) is 0 Å². The summed E-state index contributed by atoms with van der Waals surface area (Å²) < 4.78 is 5.82. The minimum absolute atomic E-state index is 0.237. The maximum absolute atomic E-state index is 9.88. The normalized spacial score (nSPS) is 12.4. The molecular weight excluding hydrogens is 260 g/mol. The Morgan fingerprint density at radius 1 is 0.952 bits per heavy atom. The highest BCUT2D eigenvalue weighted by Gasteiger charge is 2.09. The third-order valence-corrected chi connectivity index (χ3v) is 3.65. The Balaban J connectivity index is 1.88. The molecule has 1 N–H and O–H groups in total. The van der Waals surface area contributed by atoms with Crippen LogP contribution in [0.5, 0.6) is 5.75 Å². The van der Waals surface area contributed by atoms with Crippen LogP contribution in [0.25, 0.3) is 0 Å². The average Bonchev–Trinajstić information content (AvgIpc) is 2.52. The van der Waals surface area contributed by atoms with E-state index in [0.717, 1.165) is 24.2 Å². The fraction of sp³-hybridized carbons (Fsp3) is 0.368. The first-order valence-corrected chi connectivity index (χ1v) is 7.59. The molecule has 0 saturated heterocycles. The van der Waals surface area contributed by atoms with Gasteiger partial charge in [0.25, 0.3) is 0 Å². The van der Waals surface area contributed by atoms with Crippen LogP contribution in [0.2, 0.25) is 0 Å². The van der Waals surface area contributed by atoms with Crippen molar-refractivity contribution in [2.45, 2.75) is 39.4 Å². The van der Waals surface area contributed by atoms with Crippen molar-refractivity contribution in [3.8, 4) is 5.75 Å². The number of aliphatic hydroxyl groups excluding tert-OH is 1. The van der Waals surface area contributed by atoms with Gasteiger partial charge in [-0.1, -0.05) is 56.3 Å². The first kappa shape index (κ1) is 15.6. The number of rotatable bonds is 7. The zero-order valence-electron chi connectivity index (χ0n) is 12.8. The van der Waals surface area contributed by atoms with Crippen molar-refractivity contribution in [1.82, 2.24) is 0 Å². The van der Waals surface area contributed by atoms with Crippen molar-refractivity contribution in [3.63, 3.8) is 0 Å². The number of aliphatic hydroxyl groups is 1. The van der Waals surface area contributed by atoms with Gasteiger partial charge in [0.15, 0.2) is 0 Å². The molecule has 2 heteroatoms. The summed E-state index contributed by atoms with van der Waals surface area (Å²) in [5.41, 5.74) is 2.37. The first-order chi connectivity index (χ1) is 10.1. The van der Waals surface area contributed by atoms with E-state index in [1.165, 1.54) is 5.56 Å². The van der Waals surface area contributed by atoms with Gasteiger partial charge in [-0.15, -0.1) is 0 Å². The van der Waals surface area contributed by atoms with Gasteiger partial charge in [-0.3, -0.25) is 0 Å². The summed E-state index contributed by atoms with van der Waals surface area (Å²) in [5.74, 6) is 1.19. The molecule has 2 nitrogen and oxygen atoms in total. The van der Waals surface area contributed by atoms with Gasteiger partial charge < -0.3 is 9.84 Å². The Bertz CT molecular complexity index is 534. The lowest BCUT2D eigenvalue weighted by atomic mass is 9.99. The standard InChI is InChI=1S/C19H24O2/c1-15(2)19(20)12-11-16-9-6-10-18(13-16)21-14-17-7-4-3-5-8-17/h3-10,13,15,19-20H,11-12,14H2,1-2H3/t19-/m1/s1. The fourth-order valence-corrected chi connectivity index (χ4v) is 2.18. The second kappa shape index (κ2) is 7.84. The van der Waals surface area contributed by atoms with E-state index in [9.17, 15) is 5.11 Å². The number of hydrogen-bond acceptors (Lipinski definition) is 2. The molecule has 2 rings (SSSR count). The molecule has 112 valence electrons. The molecule has 0 radical (unpaired) electrons. The molecule has 0 heterocycles. The Kier molecular flexibility index (Phi) is 5.82. The lowest BCUT2D eigenvalue weighted by Crippen LogP contribution is -2.15. The molecule has 0 fully saturated rings. The fourth-order valence-electron chi connectivity index (χ4n) is 2.18. The average molecular weight is 284 g/mol.